The zero-order valence-corrected chi connectivity index (χ0v) is 45.9. The fourth-order valence-corrected chi connectivity index (χ4v) is 8.76. The lowest BCUT2D eigenvalue weighted by Gasteiger charge is -2.40. The molecule has 0 aromatic heterocycles. The normalized spacial score (nSPS) is 19.9. The maximum Gasteiger partial charge on any atom is 0.220 e. The molecule has 0 saturated carbocycles. The molecule has 0 radical (unpaired) electrons. The predicted molar refractivity (Wildman–Crippen MR) is 304 cm³/mol. The Morgan fingerprint density at radius 3 is 1.33 bits per heavy atom. The number of allylic oxidation sites excluding steroid dienone is 15. The van der Waals surface area contributed by atoms with Gasteiger partial charge in [-0.2, -0.15) is 0 Å². The minimum atomic E-state index is -1.58. The molecule has 1 amide bonds. The molecule has 9 heteroatoms. The maximum atomic E-state index is 13.1. The van der Waals surface area contributed by atoms with Gasteiger partial charge in [0.15, 0.2) is 6.29 Å². The van der Waals surface area contributed by atoms with E-state index in [4.69, 9.17) is 9.47 Å². The number of ether oxygens (including phenoxy) is 2. The summed E-state index contributed by atoms with van der Waals surface area (Å²) in [5.74, 6) is -0.198. The Morgan fingerprint density at radius 2 is 0.875 bits per heavy atom. The minimum Gasteiger partial charge on any atom is -0.394 e. The average molecular weight is 1010 g/mol. The molecule has 7 unspecified atom stereocenters. The van der Waals surface area contributed by atoms with E-state index in [1.807, 2.05) is 6.08 Å². The van der Waals surface area contributed by atoms with Gasteiger partial charge in [0.2, 0.25) is 5.91 Å². The first kappa shape index (κ1) is 67.1. The summed E-state index contributed by atoms with van der Waals surface area (Å²) in [6.45, 7) is 3.65. The van der Waals surface area contributed by atoms with Gasteiger partial charge in [0, 0.05) is 6.42 Å². The van der Waals surface area contributed by atoms with E-state index in [1.54, 1.807) is 6.08 Å². The molecule has 414 valence electrons. The third-order valence-corrected chi connectivity index (χ3v) is 13.4. The van der Waals surface area contributed by atoms with Crippen LogP contribution in [0.25, 0.3) is 0 Å². The fraction of sp³-hybridized carbons (Fsp3) is 0.730. The van der Waals surface area contributed by atoms with E-state index in [-0.39, 0.29) is 12.5 Å². The highest BCUT2D eigenvalue weighted by atomic mass is 16.7. The van der Waals surface area contributed by atoms with Crippen LogP contribution in [-0.2, 0) is 14.3 Å². The molecule has 9 nitrogen and oxygen atoms in total. The van der Waals surface area contributed by atoms with Crippen molar-refractivity contribution in [2.24, 2.45) is 0 Å². The number of carbonyl (C=O) groups excluding carboxylic acids is 1. The number of nitrogens with one attached hydrogen (secondary N) is 1. The van der Waals surface area contributed by atoms with Gasteiger partial charge in [0.05, 0.1) is 25.4 Å². The van der Waals surface area contributed by atoms with Gasteiger partial charge < -0.3 is 40.3 Å². The molecule has 72 heavy (non-hydrogen) atoms. The van der Waals surface area contributed by atoms with Crippen molar-refractivity contribution < 1.29 is 39.8 Å². The van der Waals surface area contributed by atoms with Gasteiger partial charge in [0.25, 0.3) is 0 Å². The number of carbonyl (C=O) groups is 1. The van der Waals surface area contributed by atoms with Crippen LogP contribution in [0.4, 0.5) is 0 Å². The van der Waals surface area contributed by atoms with Gasteiger partial charge in [-0.1, -0.05) is 246 Å². The molecular weight excluding hydrogens is 899 g/mol. The third kappa shape index (κ3) is 40.5. The first-order valence-corrected chi connectivity index (χ1v) is 29.5. The molecule has 0 bridgehead atoms. The van der Waals surface area contributed by atoms with Crippen molar-refractivity contribution in [2.45, 2.75) is 281 Å². The highest BCUT2D eigenvalue weighted by Crippen LogP contribution is 2.23. The van der Waals surface area contributed by atoms with Crippen molar-refractivity contribution in [3.8, 4) is 0 Å². The molecule has 0 aliphatic carbocycles. The minimum absolute atomic E-state index is 0.198. The number of rotatable bonds is 49. The Bertz CT molecular complexity index is 1450. The molecule has 1 heterocycles. The van der Waals surface area contributed by atoms with Crippen LogP contribution >= 0.6 is 0 Å². The second-order valence-electron chi connectivity index (χ2n) is 20.0. The molecular formula is C63H109NO8. The lowest BCUT2D eigenvalue weighted by molar-refractivity contribution is -0.302. The van der Waals surface area contributed by atoms with E-state index in [2.05, 4.69) is 104 Å². The van der Waals surface area contributed by atoms with Gasteiger partial charge in [0.1, 0.15) is 24.4 Å². The molecule has 1 aliphatic heterocycles. The number of aliphatic hydroxyl groups excluding tert-OH is 5. The van der Waals surface area contributed by atoms with Crippen molar-refractivity contribution in [2.75, 3.05) is 13.2 Å². The summed E-state index contributed by atoms with van der Waals surface area (Å²) < 4.78 is 11.3. The van der Waals surface area contributed by atoms with E-state index in [0.29, 0.717) is 6.42 Å². The predicted octanol–water partition coefficient (Wildman–Crippen LogP) is 14.8. The van der Waals surface area contributed by atoms with Crippen molar-refractivity contribution in [1.29, 1.82) is 0 Å². The quantitative estimate of drug-likeness (QED) is 0.0261. The van der Waals surface area contributed by atoms with Crippen molar-refractivity contribution in [3.63, 3.8) is 0 Å². The van der Waals surface area contributed by atoms with E-state index in [1.165, 1.54) is 128 Å². The molecule has 1 aliphatic rings. The fourth-order valence-electron chi connectivity index (χ4n) is 8.76. The van der Waals surface area contributed by atoms with Crippen LogP contribution in [0.3, 0.4) is 0 Å². The first-order valence-electron chi connectivity index (χ1n) is 29.5. The zero-order chi connectivity index (χ0) is 52.2. The average Bonchev–Trinajstić information content (AvgIpc) is 3.38. The number of amides is 1. The van der Waals surface area contributed by atoms with E-state index < -0.39 is 49.5 Å². The van der Waals surface area contributed by atoms with Gasteiger partial charge in [-0.3, -0.25) is 4.79 Å². The molecule has 0 spiro atoms. The van der Waals surface area contributed by atoms with E-state index in [9.17, 15) is 30.3 Å². The summed E-state index contributed by atoms with van der Waals surface area (Å²) in [5.41, 5.74) is 0. The van der Waals surface area contributed by atoms with Crippen LogP contribution in [0.5, 0.6) is 0 Å². The molecule has 6 N–H and O–H groups in total. The Hall–Kier alpha value is -2.89. The number of hydrogen-bond donors (Lipinski definition) is 6. The van der Waals surface area contributed by atoms with Crippen molar-refractivity contribution >= 4 is 5.91 Å². The van der Waals surface area contributed by atoms with Crippen LogP contribution in [-0.4, -0.2) is 87.5 Å². The van der Waals surface area contributed by atoms with Gasteiger partial charge in [-0.25, -0.2) is 0 Å². The number of hydrogen-bond acceptors (Lipinski definition) is 8. The van der Waals surface area contributed by atoms with E-state index >= 15 is 0 Å². The second kappa shape index (κ2) is 51.6. The summed E-state index contributed by atoms with van der Waals surface area (Å²) in [4.78, 5) is 13.1. The first-order chi connectivity index (χ1) is 35.3. The molecule has 0 aromatic rings. The molecule has 7 atom stereocenters. The topological polar surface area (TPSA) is 149 Å². The highest BCUT2D eigenvalue weighted by molar-refractivity contribution is 5.76. The third-order valence-electron chi connectivity index (χ3n) is 13.4. The Balaban J connectivity index is 2.27. The van der Waals surface area contributed by atoms with Crippen LogP contribution in [0, 0.1) is 0 Å². The summed E-state index contributed by atoms with van der Waals surface area (Å²) in [6, 6.07) is -0.834. The van der Waals surface area contributed by atoms with Gasteiger partial charge in [-0.05, 0) is 83.5 Å². The molecule has 1 fully saturated rings. The summed E-state index contributed by atoms with van der Waals surface area (Å²) in [7, 11) is 0. The van der Waals surface area contributed by atoms with Gasteiger partial charge >= 0.3 is 0 Å². The van der Waals surface area contributed by atoms with Crippen LogP contribution in [0.15, 0.2) is 97.2 Å². The zero-order valence-electron chi connectivity index (χ0n) is 45.9. The molecule has 0 aromatic carbocycles. The molecule has 1 rings (SSSR count). The van der Waals surface area contributed by atoms with Crippen molar-refractivity contribution in [1.82, 2.24) is 5.32 Å². The summed E-state index contributed by atoms with van der Waals surface area (Å²) in [6.07, 6.45) is 67.5. The van der Waals surface area contributed by atoms with Crippen molar-refractivity contribution in [3.05, 3.63) is 97.2 Å². The van der Waals surface area contributed by atoms with Crippen LogP contribution < -0.4 is 5.32 Å². The standard InChI is InChI=1S/C63H109NO8/c1-3-5-7-9-11-13-15-17-19-21-23-25-27-28-29-30-31-33-35-37-39-41-43-45-47-49-51-53-59(67)64-56(55-71-63-62(70)61(69)60(68)58(54-65)72-63)57(66)52-50-48-46-44-42-40-38-36-34-32-26-24-22-20-18-16-14-12-10-8-6-4-2/h5,7,11,13,17,19,23,25,28-29,31,33,42,44,50,52,56-58,60-63,65-66,68-70H,3-4,6,8-10,12,14-16,18,20-22,24,26-27,30,32,34-41,43,45-49,51,53-55H2,1-2H3,(H,64,67)/b7-5-,13-11-,19-17-,25-23-,29-28-,33-31-,44-42+,52-50+. The highest BCUT2D eigenvalue weighted by Gasteiger charge is 2.44. The smallest absolute Gasteiger partial charge is 0.220 e. The summed E-state index contributed by atoms with van der Waals surface area (Å²) >= 11 is 0. The SMILES string of the molecule is CC/C=C\C/C=C\C/C=C\C/C=C\C/C=C\C/C=C\CCCCCCCCCCC(=O)NC(COC1OC(CO)C(O)C(O)C1O)C(O)/C=C/CC/C=C/CCCCCCCCCCCCCCCCCC. The summed E-state index contributed by atoms with van der Waals surface area (Å²) in [5, 5.41) is 54.5. The molecule has 1 saturated heterocycles. The monoisotopic (exact) mass is 1010 g/mol. The lowest BCUT2D eigenvalue weighted by atomic mass is 9.99. The Labute approximate surface area is 441 Å². The number of aliphatic hydroxyl groups is 5. The maximum absolute atomic E-state index is 13.1. The van der Waals surface area contributed by atoms with Crippen LogP contribution in [0.1, 0.15) is 239 Å². The lowest BCUT2D eigenvalue weighted by Crippen LogP contribution is -2.60. The largest absolute Gasteiger partial charge is 0.394 e. The Morgan fingerprint density at radius 1 is 0.486 bits per heavy atom. The Kier molecular flexibility index (Phi) is 48.1. The van der Waals surface area contributed by atoms with E-state index in [0.717, 1.165) is 89.9 Å². The van der Waals surface area contributed by atoms with Crippen LogP contribution in [0.2, 0.25) is 0 Å². The second-order valence-corrected chi connectivity index (χ2v) is 20.0. The van der Waals surface area contributed by atoms with Gasteiger partial charge in [-0.15, -0.1) is 0 Å². The number of unbranched alkanes of at least 4 members (excludes halogenated alkanes) is 25.